The Hall–Kier alpha value is -2.62. The zero-order valence-corrected chi connectivity index (χ0v) is 19.8. The van der Waals surface area contributed by atoms with E-state index < -0.39 is 15.9 Å². The van der Waals surface area contributed by atoms with Gasteiger partial charge in [-0.3, -0.25) is 10.1 Å². The monoisotopic (exact) mass is 470 g/mol. The minimum absolute atomic E-state index is 0.185. The van der Waals surface area contributed by atoms with Crippen molar-refractivity contribution < 1.29 is 13.2 Å². The summed E-state index contributed by atoms with van der Waals surface area (Å²) in [4.78, 5) is 13.0. The first kappa shape index (κ1) is 22.6. The summed E-state index contributed by atoms with van der Waals surface area (Å²) >= 11 is 1.27. The fourth-order valence-corrected chi connectivity index (χ4v) is 6.21. The molecule has 4 rings (SSSR count). The molecule has 7 nitrogen and oxygen atoms in total. The molecule has 1 aliphatic heterocycles. The van der Waals surface area contributed by atoms with Crippen LogP contribution in [0.1, 0.15) is 47.2 Å². The number of nitrogens with one attached hydrogen (secondary N) is 1. The number of hydrogen-bond donors (Lipinski definition) is 1. The van der Waals surface area contributed by atoms with Gasteiger partial charge in [-0.05, 0) is 44.4 Å². The van der Waals surface area contributed by atoms with E-state index in [-0.39, 0.29) is 10.5 Å². The largest absolute Gasteiger partial charge is 0.296 e. The van der Waals surface area contributed by atoms with E-state index in [4.69, 9.17) is 0 Å². The summed E-state index contributed by atoms with van der Waals surface area (Å²) in [6, 6.07) is 12.7. The third-order valence-electron chi connectivity index (χ3n) is 5.58. The molecule has 1 aromatic heterocycles. The van der Waals surface area contributed by atoms with Gasteiger partial charge in [0, 0.05) is 24.2 Å². The van der Waals surface area contributed by atoms with Crippen LogP contribution >= 0.6 is 11.3 Å². The molecule has 32 heavy (non-hydrogen) atoms. The third-order valence-corrected chi connectivity index (χ3v) is 8.51. The molecular weight excluding hydrogens is 444 g/mol. The number of amides is 1. The maximum absolute atomic E-state index is 13.3. The van der Waals surface area contributed by atoms with Crippen molar-refractivity contribution in [3.8, 4) is 10.6 Å². The molecule has 1 fully saturated rings. The standard InChI is InChI=1S/C23H26N4O3S2/c1-16-7-10-18(11-8-16)22-25-26-23(31-22)24-21(28)19-12-9-17(2)20(15-19)32(29,30)27-13-5-3-4-6-14-27/h7-12,15H,3-6,13-14H2,1-2H3,(H,24,26,28). The van der Waals surface area contributed by atoms with Crippen LogP contribution in [-0.4, -0.2) is 41.9 Å². The molecule has 0 radical (unpaired) electrons. The maximum atomic E-state index is 13.3. The molecule has 9 heteroatoms. The lowest BCUT2D eigenvalue weighted by molar-refractivity contribution is 0.102. The summed E-state index contributed by atoms with van der Waals surface area (Å²) in [5.74, 6) is -0.413. The summed E-state index contributed by atoms with van der Waals surface area (Å²) in [5.41, 5.74) is 2.98. The van der Waals surface area contributed by atoms with Crippen LogP contribution in [0.25, 0.3) is 10.6 Å². The van der Waals surface area contributed by atoms with Crippen molar-refractivity contribution in [2.75, 3.05) is 18.4 Å². The van der Waals surface area contributed by atoms with Crippen LogP contribution in [0.15, 0.2) is 47.4 Å². The first-order chi connectivity index (χ1) is 15.3. The lowest BCUT2D eigenvalue weighted by Gasteiger charge is -2.21. The van der Waals surface area contributed by atoms with E-state index in [1.807, 2.05) is 31.2 Å². The lowest BCUT2D eigenvalue weighted by Crippen LogP contribution is -2.32. The first-order valence-electron chi connectivity index (χ1n) is 10.7. The number of nitrogens with zero attached hydrogens (tertiary/aromatic N) is 3. The van der Waals surface area contributed by atoms with E-state index in [1.54, 1.807) is 23.4 Å². The molecule has 1 aliphatic rings. The van der Waals surface area contributed by atoms with Crippen LogP contribution in [-0.2, 0) is 10.0 Å². The number of aryl methyl sites for hydroxylation is 2. The third kappa shape index (κ3) is 4.90. The Kier molecular flexibility index (Phi) is 6.68. The number of rotatable bonds is 5. The van der Waals surface area contributed by atoms with Crippen molar-refractivity contribution in [2.45, 2.75) is 44.4 Å². The Morgan fingerprint density at radius 3 is 2.34 bits per heavy atom. The van der Waals surface area contributed by atoms with Crippen molar-refractivity contribution in [1.29, 1.82) is 0 Å². The van der Waals surface area contributed by atoms with Crippen LogP contribution in [0.5, 0.6) is 0 Å². The molecule has 0 aliphatic carbocycles. The van der Waals surface area contributed by atoms with Gasteiger partial charge in [0.25, 0.3) is 5.91 Å². The van der Waals surface area contributed by atoms with Gasteiger partial charge in [-0.15, -0.1) is 10.2 Å². The van der Waals surface area contributed by atoms with Gasteiger partial charge in [0.2, 0.25) is 15.2 Å². The van der Waals surface area contributed by atoms with Gasteiger partial charge < -0.3 is 0 Å². The average molecular weight is 471 g/mol. The Morgan fingerprint density at radius 2 is 1.66 bits per heavy atom. The van der Waals surface area contributed by atoms with Crippen LogP contribution in [0, 0.1) is 13.8 Å². The highest BCUT2D eigenvalue weighted by molar-refractivity contribution is 7.89. The minimum Gasteiger partial charge on any atom is -0.296 e. The first-order valence-corrected chi connectivity index (χ1v) is 12.9. The van der Waals surface area contributed by atoms with Gasteiger partial charge >= 0.3 is 0 Å². The zero-order chi connectivity index (χ0) is 22.7. The molecule has 0 saturated carbocycles. The number of carbonyl (C=O) groups excluding carboxylic acids is 1. The second-order valence-corrected chi connectivity index (χ2v) is 10.9. The highest BCUT2D eigenvalue weighted by atomic mass is 32.2. The smallest absolute Gasteiger partial charge is 0.257 e. The fourth-order valence-electron chi connectivity index (χ4n) is 3.70. The second kappa shape index (κ2) is 9.48. The molecule has 0 unspecified atom stereocenters. The van der Waals surface area contributed by atoms with Gasteiger partial charge in [0.05, 0.1) is 4.90 Å². The SMILES string of the molecule is Cc1ccc(-c2nnc(NC(=O)c3ccc(C)c(S(=O)(=O)N4CCCCCC4)c3)s2)cc1. The number of benzene rings is 2. The predicted molar refractivity (Wildman–Crippen MR) is 126 cm³/mol. The molecule has 0 atom stereocenters. The topological polar surface area (TPSA) is 92.3 Å². The van der Waals surface area contributed by atoms with Crippen LogP contribution in [0.2, 0.25) is 0 Å². The normalized spacial score (nSPS) is 15.3. The molecule has 1 amide bonds. The number of sulfonamides is 1. The Balaban J connectivity index is 1.54. The van der Waals surface area contributed by atoms with Crippen molar-refractivity contribution in [3.05, 3.63) is 59.2 Å². The molecule has 1 saturated heterocycles. The highest BCUT2D eigenvalue weighted by Crippen LogP contribution is 2.28. The van der Waals surface area contributed by atoms with E-state index in [9.17, 15) is 13.2 Å². The fraction of sp³-hybridized carbons (Fsp3) is 0.348. The minimum atomic E-state index is -3.65. The van der Waals surface area contributed by atoms with Gasteiger partial charge in [0.1, 0.15) is 5.01 Å². The van der Waals surface area contributed by atoms with Crippen molar-refractivity contribution in [2.24, 2.45) is 0 Å². The average Bonchev–Trinajstić information content (AvgIpc) is 3.05. The van der Waals surface area contributed by atoms with E-state index in [0.29, 0.717) is 28.8 Å². The molecule has 3 aromatic rings. The second-order valence-electron chi connectivity index (χ2n) is 8.03. The van der Waals surface area contributed by atoms with E-state index in [2.05, 4.69) is 15.5 Å². The van der Waals surface area contributed by atoms with Crippen LogP contribution in [0.4, 0.5) is 5.13 Å². The molecule has 0 spiro atoms. The van der Waals surface area contributed by atoms with Gasteiger partial charge in [-0.2, -0.15) is 4.31 Å². The highest BCUT2D eigenvalue weighted by Gasteiger charge is 2.27. The van der Waals surface area contributed by atoms with E-state index in [0.717, 1.165) is 36.8 Å². The summed E-state index contributed by atoms with van der Waals surface area (Å²) in [6.07, 6.45) is 3.80. The zero-order valence-electron chi connectivity index (χ0n) is 18.2. The van der Waals surface area contributed by atoms with Crippen LogP contribution < -0.4 is 5.32 Å². The Morgan fingerprint density at radius 1 is 0.969 bits per heavy atom. The molecule has 2 heterocycles. The maximum Gasteiger partial charge on any atom is 0.257 e. The number of aromatic nitrogens is 2. The summed E-state index contributed by atoms with van der Waals surface area (Å²) in [6.45, 7) is 4.80. The molecular formula is C23H26N4O3S2. The number of carbonyl (C=O) groups is 1. The van der Waals surface area contributed by atoms with Crippen molar-refractivity contribution in [3.63, 3.8) is 0 Å². The molecule has 1 N–H and O–H groups in total. The number of hydrogen-bond acceptors (Lipinski definition) is 6. The summed E-state index contributed by atoms with van der Waals surface area (Å²) in [5, 5.41) is 12.0. The Bertz CT molecular complexity index is 1210. The van der Waals surface area contributed by atoms with Crippen molar-refractivity contribution >= 4 is 32.4 Å². The van der Waals surface area contributed by atoms with Gasteiger partial charge in [-0.25, -0.2) is 8.42 Å². The predicted octanol–water partition coefficient (Wildman–Crippen LogP) is 4.64. The molecule has 2 aromatic carbocycles. The number of anilines is 1. The Labute approximate surface area is 192 Å². The molecule has 0 bridgehead atoms. The van der Waals surface area contributed by atoms with Crippen LogP contribution in [0.3, 0.4) is 0 Å². The quantitative estimate of drug-likeness (QED) is 0.586. The summed E-state index contributed by atoms with van der Waals surface area (Å²) in [7, 11) is -3.65. The van der Waals surface area contributed by atoms with E-state index >= 15 is 0 Å². The molecule has 168 valence electrons. The summed E-state index contributed by atoms with van der Waals surface area (Å²) < 4.78 is 28.0. The van der Waals surface area contributed by atoms with E-state index in [1.165, 1.54) is 17.4 Å². The van der Waals surface area contributed by atoms with Gasteiger partial charge in [0.15, 0.2) is 0 Å². The van der Waals surface area contributed by atoms with Gasteiger partial charge in [-0.1, -0.05) is 60.1 Å². The lowest BCUT2D eigenvalue weighted by atomic mass is 10.1. The van der Waals surface area contributed by atoms with Crippen molar-refractivity contribution in [1.82, 2.24) is 14.5 Å².